The lowest BCUT2D eigenvalue weighted by Gasteiger charge is -1.98. The van der Waals surface area contributed by atoms with Gasteiger partial charge >= 0.3 is 0 Å². The maximum Gasteiger partial charge on any atom is 0.149 e. The lowest BCUT2D eigenvalue weighted by atomic mass is 10.3. The van der Waals surface area contributed by atoms with Crippen LogP contribution in [0.1, 0.15) is 0 Å². The third kappa shape index (κ3) is 2.82. The van der Waals surface area contributed by atoms with E-state index in [9.17, 15) is 8.42 Å². The van der Waals surface area contributed by atoms with E-state index in [4.69, 9.17) is 0 Å². The normalized spacial score (nSPS) is 12.1. The first-order valence-corrected chi connectivity index (χ1v) is 7.60. The number of halogens is 1. The number of sulfone groups is 1. The Hall–Kier alpha value is -0.880. The predicted molar refractivity (Wildman–Crippen MR) is 67.1 cm³/mol. The van der Waals surface area contributed by atoms with Crippen LogP contribution in [0.25, 0.3) is 10.9 Å². The molecule has 0 aliphatic heterocycles. The molecule has 0 saturated heterocycles. The van der Waals surface area contributed by atoms with Crippen molar-refractivity contribution >= 4 is 36.7 Å². The Morgan fingerprint density at radius 1 is 1.44 bits per heavy atom. The number of rotatable bonds is 3. The summed E-state index contributed by atoms with van der Waals surface area (Å²) in [7, 11) is -2.94. The van der Waals surface area contributed by atoms with Crippen molar-refractivity contribution in [2.75, 3.05) is 12.0 Å². The fourth-order valence-electron chi connectivity index (χ4n) is 1.42. The maximum atomic E-state index is 11.0. The minimum atomic E-state index is -2.94. The molecule has 0 saturated carbocycles. The Morgan fingerprint density at radius 3 is 2.88 bits per heavy atom. The van der Waals surface area contributed by atoms with E-state index >= 15 is 0 Å². The molecule has 1 heterocycles. The molecule has 0 bridgehead atoms. The van der Waals surface area contributed by atoms with E-state index in [0.717, 1.165) is 15.4 Å². The number of hydrogen-bond donors (Lipinski definition) is 0. The van der Waals surface area contributed by atoms with Crippen molar-refractivity contribution in [1.82, 2.24) is 9.78 Å². The second-order valence-electron chi connectivity index (χ2n) is 3.73. The molecular formula is C10H11BrN2O2S. The zero-order chi connectivity index (χ0) is 11.8. The summed E-state index contributed by atoms with van der Waals surface area (Å²) < 4.78 is 24.7. The highest BCUT2D eigenvalue weighted by atomic mass is 79.9. The summed E-state index contributed by atoms with van der Waals surface area (Å²) in [4.78, 5) is 0. The Balaban J connectivity index is 2.26. The summed E-state index contributed by atoms with van der Waals surface area (Å²) in [5.41, 5.74) is 0.872. The summed E-state index contributed by atoms with van der Waals surface area (Å²) in [6.45, 7) is 0.394. The molecule has 0 aliphatic rings. The van der Waals surface area contributed by atoms with Crippen LogP contribution in [0.2, 0.25) is 0 Å². The van der Waals surface area contributed by atoms with Crippen molar-refractivity contribution in [1.29, 1.82) is 0 Å². The van der Waals surface area contributed by atoms with E-state index in [1.807, 2.05) is 24.4 Å². The van der Waals surface area contributed by atoms with Gasteiger partial charge in [0.05, 0.1) is 17.8 Å². The Labute approximate surface area is 102 Å². The Morgan fingerprint density at radius 2 is 2.19 bits per heavy atom. The number of hydrogen-bond acceptors (Lipinski definition) is 3. The summed E-state index contributed by atoms with van der Waals surface area (Å²) in [5, 5.41) is 5.29. The van der Waals surface area contributed by atoms with Gasteiger partial charge in [-0.05, 0) is 18.2 Å². The molecule has 0 amide bonds. The van der Waals surface area contributed by atoms with Crippen molar-refractivity contribution in [2.45, 2.75) is 6.54 Å². The Kier molecular flexibility index (Phi) is 3.03. The van der Waals surface area contributed by atoms with E-state index in [0.29, 0.717) is 6.54 Å². The molecule has 0 spiro atoms. The highest BCUT2D eigenvalue weighted by molar-refractivity contribution is 9.10. The van der Waals surface area contributed by atoms with Gasteiger partial charge in [-0.25, -0.2) is 8.42 Å². The van der Waals surface area contributed by atoms with Crippen molar-refractivity contribution < 1.29 is 8.42 Å². The van der Waals surface area contributed by atoms with Crippen LogP contribution in [0.4, 0.5) is 0 Å². The van der Waals surface area contributed by atoms with E-state index in [2.05, 4.69) is 21.0 Å². The summed E-state index contributed by atoms with van der Waals surface area (Å²) in [6.07, 6.45) is 3.08. The number of benzene rings is 1. The molecule has 1 aromatic carbocycles. The highest BCUT2D eigenvalue weighted by Crippen LogP contribution is 2.18. The minimum absolute atomic E-state index is 0.113. The van der Waals surface area contributed by atoms with Crippen molar-refractivity contribution in [3.8, 4) is 0 Å². The third-order valence-electron chi connectivity index (χ3n) is 2.21. The van der Waals surface area contributed by atoms with E-state index < -0.39 is 9.84 Å². The van der Waals surface area contributed by atoms with Crippen LogP contribution < -0.4 is 0 Å². The van der Waals surface area contributed by atoms with Crippen LogP contribution in [0.3, 0.4) is 0 Å². The van der Waals surface area contributed by atoms with Crippen LogP contribution >= 0.6 is 15.9 Å². The van der Waals surface area contributed by atoms with Gasteiger partial charge in [0, 0.05) is 22.3 Å². The smallest absolute Gasteiger partial charge is 0.149 e. The fraction of sp³-hybridized carbons (Fsp3) is 0.300. The zero-order valence-electron chi connectivity index (χ0n) is 8.72. The fourth-order valence-corrected chi connectivity index (χ4v) is 2.32. The van der Waals surface area contributed by atoms with Crippen LogP contribution in [-0.2, 0) is 16.4 Å². The van der Waals surface area contributed by atoms with Crippen molar-refractivity contribution in [2.24, 2.45) is 0 Å². The van der Waals surface area contributed by atoms with Gasteiger partial charge in [-0.3, -0.25) is 4.68 Å². The minimum Gasteiger partial charge on any atom is -0.271 e. The lowest BCUT2D eigenvalue weighted by molar-refractivity contribution is 0.587. The first-order valence-electron chi connectivity index (χ1n) is 4.74. The monoisotopic (exact) mass is 302 g/mol. The topological polar surface area (TPSA) is 52.0 Å². The second-order valence-corrected chi connectivity index (χ2v) is 6.90. The molecule has 0 unspecified atom stereocenters. The summed E-state index contributed by atoms with van der Waals surface area (Å²) >= 11 is 3.38. The van der Waals surface area contributed by atoms with Gasteiger partial charge in [0.25, 0.3) is 0 Å². The number of aromatic nitrogens is 2. The van der Waals surface area contributed by atoms with Gasteiger partial charge in [0.1, 0.15) is 9.84 Å². The first kappa shape index (κ1) is 11.6. The first-order chi connectivity index (χ1) is 7.44. The van der Waals surface area contributed by atoms with Crippen molar-refractivity contribution in [3.63, 3.8) is 0 Å². The molecule has 2 rings (SSSR count). The van der Waals surface area contributed by atoms with E-state index in [-0.39, 0.29) is 5.75 Å². The lowest BCUT2D eigenvalue weighted by Crippen LogP contribution is -2.11. The SMILES string of the molecule is CS(=O)(=O)CCn1cc2cc(Br)ccc2n1. The molecule has 0 aliphatic carbocycles. The molecule has 16 heavy (non-hydrogen) atoms. The largest absolute Gasteiger partial charge is 0.271 e. The zero-order valence-corrected chi connectivity index (χ0v) is 11.1. The Bertz CT molecular complexity index is 619. The predicted octanol–water partition coefficient (Wildman–Crippen LogP) is 1.84. The molecule has 6 heteroatoms. The molecule has 1 aromatic heterocycles. The highest BCUT2D eigenvalue weighted by Gasteiger charge is 2.05. The standard InChI is InChI=1S/C10H11BrN2O2S/c1-16(14,15)5-4-13-7-8-6-9(11)2-3-10(8)12-13/h2-3,6-7H,4-5H2,1H3. The third-order valence-corrected chi connectivity index (χ3v) is 3.62. The molecule has 0 N–H and O–H groups in total. The number of aryl methyl sites for hydroxylation is 1. The van der Waals surface area contributed by atoms with Crippen LogP contribution in [0.15, 0.2) is 28.9 Å². The average Bonchev–Trinajstić information content (AvgIpc) is 2.55. The molecule has 0 atom stereocenters. The quantitative estimate of drug-likeness (QED) is 0.869. The van der Waals surface area contributed by atoms with Gasteiger partial charge in [0.15, 0.2) is 0 Å². The van der Waals surface area contributed by atoms with Crippen LogP contribution in [0, 0.1) is 0 Å². The summed E-state index contributed by atoms with van der Waals surface area (Å²) in [5.74, 6) is 0.113. The van der Waals surface area contributed by atoms with Gasteiger partial charge in [-0.1, -0.05) is 15.9 Å². The second kappa shape index (κ2) is 4.18. The summed E-state index contributed by atoms with van der Waals surface area (Å²) in [6, 6.07) is 5.77. The van der Waals surface area contributed by atoms with Gasteiger partial charge in [-0.15, -0.1) is 0 Å². The van der Waals surface area contributed by atoms with Crippen LogP contribution in [0.5, 0.6) is 0 Å². The molecule has 2 aromatic rings. The number of nitrogens with zero attached hydrogens (tertiary/aromatic N) is 2. The van der Waals surface area contributed by atoms with Gasteiger partial charge in [0.2, 0.25) is 0 Å². The number of fused-ring (bicyclic) bond motifs is 1. The molecular weight excluding hydrogens is 292 g/mol. The average molecular weight is 303 g/mol. The van der Waals surface area contributed by atoms with Gasteiger partial charge in [-0.2, -0.15) is 5.10 Å². The molecule has 4 nitrogen and oxygen atoms in total. The van der Waals surface area contributed by atoms with Crippen molar-refractivity contribution in [3.05, 3.63) is 28.9 Å². The molecule has 0 fully saturated rings. The van der Waals surface area contributed by atoms with Crippen LogP contribution in [-0.4, -0.2) is 30.2 Å². The van der Waals surface area contributed by atoms with E-state index in [1.54, 1.807) is 4.68 Å². The molecule has 0 radical (unpaired) electrons. The van der Waals surface area contributed by atoms with E-state index in [1.165, 1.54) is 6.26 Å². The van der Waals surface area contributed by atoms with Gasteiger partial charge < -0.3 is 0 Å². The maximum absolute atomic E-state index is 11.0. The molecule has 86 valence electrons.